The number of aryl methyl sites for hydroxylation is 1. The minimum atomic E-state index is -4.05. The van der Waals surface area contributed by atoms with E-state index in [-0.39, 0.29) is 24.6 Å². The number of halogens is 1. The van der Waals surface area contributed by atoms with Gasteiger partial charge in [-0.05, 0) is 55.5 Å². The number of nitrogens with one attached hydrogen (secondary N) is 2. The first-order valence-electron chi connectivity index (χ1n) is 10.1. The minimum Gasteiger partial charge on any atom is -0.487 e. The van der Waals surface area contributed by atoms with Crippen LogP contribution in [0.2, 0.25) is 0 Å². The van der Waals surface area contributed by atoms with Crippen LogP contribution in [0.4, 0.5) is 10.1 Å². The van der Waals surface area contributed by atoms with Crippen molar-refractivity contribution in [1.82, 2.24) is 10.0 Å². The number of benzene rings is 2. The summed E-state index contributed by atoms with van der Waals surface area (Å²) in [6.45, 7) is 0.891. The SMILES string of the molecule is O=S1(=O)NC(O)CN1c1c(F)cc(CCC2CCCN2)cc1OCc1ccccc1. The van der Waals surface area contributed by atoms with Crippen molar-refractivity contribution in [1.29, 1.82) is 0 Å². The van der Waals surface area contributed by atoms with Gasteiger partial charge in [0.2, 0.25) is 0 Å². The van der Waals surface area contributed by atoms with Gasteiger partial charge in [-0.3, -0.25) is 0 Å². The predicted molar refractivity (Wildman–Crippen MR) is 112 cm³/mol. The van der Waals surface area contributed by atoms with E-state index in [1.807, 2.05) is 30.3 Å². The Balaban J connectivity index is 1.63. The van der Waals surface area contributed by atoms with Crippen LogP contribution >= 0.6 is 0 Å². The Bertz CT molecular complexity index is 981. The monoisotopic (exact) mass is 435 g/mol. The highest BCUT2D eigenvalue weighted by Crippen LogP contribution is 2.37. The molecule has 30 heavy (non-hydrogen) atoms. The zero-order valence-electron chi connectivity index (χ0n) is 16.6. The molecule has 2 saturated heterocycles. The third kappa shape index (κ3) is 4.75. The highest BCUT2D eigenvalue weighted by atomic mass is 32.2. The molecule has 2 heterocycles. The molecule has 0 amide bonds. The molecular formula is C21H26FN3O4S. The number of hydrogen-bond acceptors (Lipinski definition) is 5. The highest BCUT2D eigenvalue weighted by Gasteiger charge is 2.38. The fraction of sp³-hybridized carbons (Fsp3) is 0.429. The van der Waals surface area contributed by atoms with Crippen LogP contribution in [-0.2, 0) is 23.2 Å². The zero-order chi connectivity index (χ0) is 21.1. The van der Waals surface area contributed by atoms with Crippen molar-refractivity contribution in [3.63, 3.8) is 0 Å². The van der Waals surface area contributed by atoms with Gasteiger partial charge in [0.15, 0.2) is 5.82 Å². The molecule has 7 nitrogen and oxygen atoms in total. The molecule has 0 spiro atoms. The Morgan fingerprint density at radius 1 is 1.20 bits per heavy atom. The molecule has 4 rings (SSSR count). The Morgan fingerprint density at radius 3 is 2.67 bits per heavy atom. The molecule has 3 N–H and O–H groups in total. The van der Waals surface area contributed by atoms with Gasteiger partial charge < -0.3 is 15.2 Å². The Kier molecular flexibility index (Phi) is 6.24. The van der Waals surface area contributed by atoms with Crippen molar-refractivity contribution in [3.05, 3.63) is 59.4 Å². The van der Waals surface area contributed by atoms with Crippen molar-refractivity contribution in [2.45, 2.75) is 44.6 Å². The second kappa shape index (κ2) is 8.89. The normalized spacial score (nSPS) is 23.1. The lowest BCUT2D eigenvalue weighted by Gasteiger charge is -2.22. The van der Waals surface area contributed by atoms with Crippen molar-refractivity contribution in [2.24, 2.45) is 0 Å². The first-order valence-corrected chi connectivity index (χ1v) is 11.6. The van der Waals surface area contributed by atoms with Crippen molar-refractivity contribution >= 4 is 15.9 Å². The topological polar surface area (TPSA) is 90.9 Å². The van der Waals surface area contributed by atoms with Crippen LogP contribution in [0, 0.1) is 5.82 Å². The van der Waals surface area contributed by atoms with Crippen LogP contribution in [0.15, 0.2) is 42.5 Å². The molecule has 162 valence electrons. The van der Waals surface area contributed by atoms with Gasteiger partial charge >= 0.3 is 10.2 Å². The largest absolute Gasteiger partial charge is 0.487 e. The molecule has 0 aromatic heterocycles. The fourth-order valence-corrected chi connectivity index (χ4v) is 5.24. The quantitative estimate of drug-likeness (QED) is 0.619. The molecule has 2 atom stereocenters. The molecule has 2 aliphatic heterocycles. The van der Waals surface area contributed by atoms with E-state index in [0.717, 1.165) is 41.2 Å². The lowest BCUT2D eigenvalue weighted by molar-refractivity contribution is 0.183. The minimum absolute atomic E-state index is 0.146. The van der Waals surface area contributed by atoms with E-state index in [0.29, 0.717) is 12.5 Å². The van der Waals surface area contributed by atoms with Gasteiger partial charge in [0.05, 0.1) is 6.54 Å². The number of aliphatic hydroxyl groups excluding tert-OH is 1. The molecule has 2 aromatic rings. The molecule has 2 aliphatic rings. The molecule has 0 radical (unpaired) electrons. The van der Waals surface area contributed by atoms with Crippen LogP contribution in [0.5, 0.6) is 5.75 Å². The number of aliphatic hydroxyl groups is 1. The highest BCUT2D eigenvalue weighted by molar-refractivity contribution is 7.91. The first-order chi connectivity index (χ1) is 14.4. The summed E-state index contributed by atoms with van der Waals surface area (Å²) >= 11 is 0. The van der Waals surface area contributed by atoms with Gasteiger partial charge in [0, 0.05) is 6.04 Å². The van der Waals surface area contributed by atoms with Gasteiger partial charge in [0.1, 0.15) is 24.3 Å². The van der Waals surface area contributed by atoms with E-state index in [1.54, 1.807) is 6.07 Å². The molecule has 2 unspecified atom stereocenters. The van der Waals surface area contributed by atoms with Crippen LogP contribution in [0.3, 0.4) is 0 Å². The molecule has 2 fully saturated rings. The summed E-state index contributed by atoms with van der Waals surface area (Å²) in [5.41, 5.74) is 1.45. The van der Waals surface area contributed by atoms with E-state index in [2.05, 4.69) is 10.0 Å². The van der Waals surface area contributed by atoms with Crippen LogP contribution < -0.4 is 19.1 Å². The van der Waals surface area contributed by atoms with E-state index < -0.39 is 22.3 Å². The summed E-state index contributed by atoms with van der Waals surface area (Å²) < 4.78 is 48.7. The number of ether oxygens (including phenoxy) is 1. The number of hydrogen-bond donors (Lipinski definition) is 3. The summed E-state index contributed by atoms with van der Waals surface area (Å²) in [4.78, 5) is 0. The maximum absolute atomic E-state index is 15.1. The van der Waals surface area contributed by atoms with Gasteiger partial charge in [-0.15, -0.1) is 0 Å². The smallest absolute Gasteiger partial charge is 0.304 e. The van der Waals surface area contributed by atoms with Crippen molar-refractivity contribution < 1.29 is 22.7 Å². The lowest BCUT2D eigenvalue weighted by Crippen LogP contribution is -2.31. The van der Waals surface area contributed by atoms with E-state index in [4.69, 9.17) is 4.74 Å². The van der Waals surface area contributed by atoms with Crippen LogP contribution in [0.25, 0.3) is 0 Å². The van der Waals surface area contributed by atoms with Gasteiger partial charge in [-0.2, -0.15) is 13.1 Å². The van der Waals surface area contributed by atoms with Gasteiger partial charge in [0.25, 0.3) is 0 Å². The average Bonchev–Trinajstić information content (AvgIpc) is 3.32. The number of nitrogens with zero attached hydrogens (tertiary/aromatic N) is 1. The molecule has 2 aromatic carbocycles. The maximum Gasteiger partial charge on any atom is 0.304 e. The van der Waals surface area contributed by atoms with Gasteiger partial charge in [-0.25, -0.2) is 8.70 Å². The number of anilines is 1. The zero-order valence-corrected chi connectivity index (χ0v) is 17.4. The molecule has 0 saturated carbocycles. The second-order valence-corrected chi connectivity index (χ2v) is 9.33. The van der Waals surface area contributed by atoms with E-state index >= 15 is 4.39 Å². The summed E-state index contributed by atoms with van der Waals surface area (Å²) in [6, 6.07) is 12.9. The molecule has 0 aliphatic carbocycles. The predicted octanol–water partition coefficient (Wildman–Crippen LogP) is 2.06. The standard InChI is InChI=1S/C21H26FN3O4S/c22-18-11-16(8-9-17-7-4-10-23-17)12-19(29-14-15-5-2-1-3-6-15)21(18)25-13-20(26)24-30(25,27)28/h1-3,5-6,11-12,17,20,23-24,26H,4,7-10,13-14H2. The second-order valence-electron chi connectivity index (χ2n) is 7.70. The summed E-state index contributed by atoms with van der Waals surface area (Å²) in [5, 5.41) is 13.2. The van der Waals surface area contributed by atoms with Gasteiger partial charge in [-0.1, -0.05) is 30.3 Å². The lowest BCUT2D eigenvalue weighted by atomic mass is 10.0. The van der Waals surface area contributed by atoms with E-state index in [1.165, 1.54) is 6.07 Å². The maximum atomic E-state index is 15.1. The van der Waals surface area contributed by atoms with Crippen molar-refractivity contribution in [3.8, 4) is 5.75 Å². The Morgan fingerprint density at radius 2 is 2.00 bits per heavy atom. The molecular weight excluding hydrogens is 409 g/mol. The van der Waals surface area contributed by atoms with Crippen molar-refractivity contribution in [2.75, 3.05) is 17.4 Å². The van der Waals surface area contributed by atoms with Crippen LogP contribution in [0.1, 0.15) is 30.4 Å². The Labute approximate surface area is 176 Å². The third-order valence-corrected chi connectivity index (χ3v) is 6.91. The first kappa shape index (κ1) is 21.0. The fourth-order valence-electron chi connectivity index (χ4n) is 3.94. The summed E-state index contributed by atoms with van der Waals surface area (Å²) in [5.74, 6) is -0.540. The number of β-amino-alcohol motifs (C(OH)–C–C–N with tert-alkyl or cyclic N) is 1. The number of rotatable bonds is 7. The Hall–Kier alpha value is -2.20. The molecule has 9 heteroatoms. The average molecular weight is 436 g/mol. The summed E-state index contributed by atoms with van der Waals surface area (Å²) in [6.07, 6.45) is 2.48. The van der Waals surface area contributed by atoms with Crippen LogP contribution in [-0.4, -0.2) is 38.9 Å². The summed E-state index contributed by atoms with van der Waals surface area (Å²) in [7, 11) is -4.05. The molecule has 0 bridgehead atoms. The van der Waals surface area contributed by atoms with E-state index in [9.17, 15) is 13.5 Å². The third-order valence-electron chi connectivity index (χ3n) is 5.43.